The number of carbonyl (C=O) groups excluding carboxylic acids is 2. The molecular weight excluding hydrogens is 416 g/mol. The lowest BCUT2D eigenvalue weighted by atomic mass is 9.99. The van der Waals surface area contributed by atoms with Gasteiger partial charge in [-0.05, 0) is 44.7 Å². The lowest BCUT2D eigenvalue weighted by Crippen LogP contribution is -2.45. The Labute approximate surface area is 195 Å². The average Bonchev–Trinajstić information content (AvgIpc) is 2.76. The van der Waals surface area contributed by atoms with Crippen LogP contribution >= 0.6 is 0 Å². The standard InChI is InChI=1S/C26H34N4O3/c1-16(2)10-24(31)27-14-20-6-5-7-23-28-22-8-9-29(15-21(22)26(33)30(20)23)25(32)19-12-17(3)11-18(4)13-19/h11-13,16,20H,5-10,14-15H2,1-4H3,(H,27,31)/t20-/m0/s1. The van der Waals surface area contributed by atoms with Crippen LogP contribution in [0.1, 0.15) is 77.7 Å². The molecule has 0 fully saturated rings. The molecule has 7 heteroatoms. The van der Waals surface area contributed by atoms with E-state index in [1.54, 1.807) is 9.47 Å². The Balaban J connectivity index is 1.58. The SMILES string of the molecule is Cc1cc(C)cc(C(=O)N2CCc3nc4n(c(=O)c3C2)[C@H](CNC(=O)CC(C)C)CCC4)c1. The van der Waals surface area contributed by atoms with Crippen molar-refractivity contribution in [3.63, 3.8) is 0 Å². The molecule has 0 bridgehead atoms. The summed E-state index contributed by atoms with van der Waals surface area (Å²) in [5.74, 6) is 1.07. The second-order valence-electron chi connectivity index (χ2n) is 9.93. The molecule has 2 aliphatic rings. The zero-order chi connectivity index (χ0) is 23.7. The fraction of sp³-hybridized carbons (Fsp3) is 0.538. The minimum atomic E-state index is -0.0966. The monoisotopic (exact) mass is 450 g/mol. The fourth-order valence-corrected chi connectivity index (χ4v) is 5.04. The van der Waals surface area contributed by atoms with Crippen molar-refractivity contribution in [3.05, 3.63) is 62.3 Å². The highest BCUT2D eigenvalue weighted by Crippen LogP contribution is 2.25. The third-order valence-electron chi connectivity index (χ3n) is 6.52. The molecule has 0 saturated carbocycles. The molecule has 1 N–H and O–H groups in total. The molecule has 1 aromatic heterocycles. The maximum atomic E-state index is 13.6. The van der Waals surface area contributed by atoms with E-state index in [4.69, 9.17) is 4.98 Å². The quantitative estimate of drug-likeness (QED) is 0.759. The predicted molar refractivity (Wildman–Crippen MR) is 127 cm³/mol. The van der Waals surface area contributed by atoms with Gasteiger partial charge in [0.2, 0.25) is 5.91 Å². The van der Waals surface area contributed by atoms with E-state index in [1.807, 2.05) is 45.9 Å². The summed E-state index contributed by atoms with van der Waals surface area (Å²) in [5.41, 5.74) is 4.13. The van der Waals surface area contributed by atoms with Gasteiger partial charge in [-0.15, -0.1) is 0 Å². The number of aromatic nitrogens is 2. The Bertz CT molecular complexity index is 1110. The van der Waals surface area contributed by atoms with Gasteiger partial charge in [0.15, 0.2) is 0 Å². The van der Waals surface area contributed by atoms with E-state index in [-0.39, 0.29) is 30.0 Å². The van der Waals surface area contributed by atoms with Gasteiger partial charge in [0.25, 0.3) is 11.5 Å². The molecule has 1 atom stereocenters. The van der Waals surface area contributed by atoms with Crippen molar-refractivity contribution < 1.29 is 9.59 Å². The van der Waals surface area contributed by atoms with E-state index in [2.05, 4.69) is 5.32 Å². The number of aryl methyl sites for hydroxylation is 3. The largest absolute Gasteiger partial charge is 0.354 e. The summed E-state index contributed by atoms with van der Waals surface area (Å²) < 4.78 is 1.78. The molecule has 3 heterocycles. The average molecular weight is 451 g/mol. The van der Waals surface area contributed by atoms with Crippen LogP contribution in [0.4, 0.5) is 0 Å². The number of fused-ring (bicyclic) bond motifs is 2. The first-order valence-corrected chi connectivity index (χ1v) is 12.0. The summed E-state index contributed by atoms with van der Waals surface area (Å²) in [6.45, 7) is 9.27. The third-order valence-corrected chi connectivity index (χ3v) is 6.52. The van der Waals surface area contributed by atoms with Crippen molar-refractivity contribution in [1.82, 2.24) is 19.8 Å². The number of rotatable bonds is 5. The van der Waals surface area contributed by atoms with Crippen LogP contribution in [0, 0.1) is 19.8 Å². The highest BCUT2D eigenvalue weighted by atomic mass is 16.2. The minimum absolute atomic E-state index is 0.0151. The Morgan fingerprint density at radius 3 is 2.58 bits per heavy atom. The van der Waals surface area contributed by atoms with Crippen molar-refractivity contribution in [2.75, 3.05) is 13.1 Å². The van der Waals surface area contributed by atoms with E-state index < -0.39 is 0 Å². The van der Waals surface area contributed by atoms with Crippen molar-refractivity contribution in [2.24, 2.45) is 5.92 Å². The van der Waals surface area contributed by atoms with E-state index in [0.29, 0.717) is 43.0 Å². The maximum Gasteiger partial charge on any atom is 0.259 e. The van der Waals surface area contributed by atoms with Crippen molar-refractivity contribution >= 4 is 11.8 Å². The van der Waals surface area contributed by atoms with Gasteiger partial charge in [0.05, 0.1) is 23.8 Å². The summed E-state index contributed by atoms with van der Waals surface area (Å²) in [5, 5.41) is 3.00. The Kier molecular flexibility index (Phi) is 6.68. The molecule has 2 amide bonds. The van der Waals surface area contributed by atoms with Crippen LogP contribution < -0.4 is 10.9 Å². The molecule has 0 spiro atoms. The molecule has 0 aliphatic carbocycles. The molecule has 1 aromatic carbocycles. The van der Waals surface area contributed by atoms with Gasteiger partial charge in [-0.25, -0.2) is 4.98 Å². The first-order chi connectivity index (χ1) is 15.7. The zero-order valence-corrected chi connectivity index (χ0v) is 20.1. The van der Waals surface area contributed by atoms with Crippen LogP contribution in [-0.4, -0.2) is 39.4 Å². The summed E-state index contributed by atoms with van der Waals surface area (Å²) in [7, 11) is 0. The first-order valence-electron chi connectivity index (χ1n) is 12.0. The molecule has 176 valence electrons. The second kappa shape index (κ2) is 9.49. The third kappa shape index (κ3) is 5.02. The normalized spacial score (nSPS) is 17.5. The van der Waals surface area contributed by atoms with Gasteiger partial charge in [-0.3, -0.25) is 19.0 Å². The first kappa shape index (κ1) is 23.2. The Morgan fingerprint density at radius 1 is 1.15 bits per heavy atom. The van der Waals surface area contributed by atoms with Gasteiger partial charge in [0, 0.05) is 37.9 Å². The number of nitrogens with zero attached hydrogens (tertiary/aromatic N) is 3. The van der Waals surface area contributed by atoms with Crippen LogP contribution in [-0.2, 0) is 24.2 Å². The summed E-state index contributed by atoms with van der Waals surface area (Å²) in [6.07, 6.45) is 3.62. The number of nitrogens with one attached hydrogen (secondary N) is 1. The fourth-order valence-electron chi connectivity index (χ4n) is 5.04. The van der Waals surface area contributed by atoms with Crippen molar-refractivity contribution in [2.45, 2.75) is 72.4 Å². The van der Waals surface area contributed by atoms with Crippen LogP contribution in [0.2, 0.25) is 0 Å². The number of hydrogen-bond acceptors (Lipinski definition) is 4. The molecule has 0 saturated heterocycles. The lowest BCUT2D eigenvalue weighted by molar-refractivity contribution is -0.121. The number of hydrogen-bond donors (Lipinski definition) is 1. The number of amides is 2. The molecule has 2 aromatic rings. The topological polar surface area (TPSA) is 84.3 Å². The summed E-state index contributed by atoms with van der Waals surface area (Å²) in [4.78, 5) is 45.5. The maximum absolute atomic E-state index is 13.6. The van der Waals surface area contributed by atoms with Crippen LogP contribution in [0.25, 0.3) is 0 Å². The van der Waals surface area contributed by atoms with E-state index in [9.17, 15) is 14.4 Å². The zero-order valence-electron chi connectivity index (χ0n) is 20.1. The predicted octanol–water partition coefficient (Wildman–Crippen LogP) is 3.10. The van der Waals surface area contributed by atoms with Gasteiger partial charge in [-0.2, -0.15) is 0 Å². The van der Waals surface area contributed by atoms with Crippen LogP contribution in [0.15, 0.2) is 23.0 Å². The van der Waals surface area contributed by atoms with Crippen molar-refractivity contribution in [3.8, 4) is 0 Å². The van der Waals surface area contributed by atoms with Gasteiger partial charge >= 0.3 is 0 Å². The second-order valence-corrected chi connectivity index (χ2v) is 9.93. The van der Waals surface area contributed by atoms with E-state index in [1.165, 1.54) is 0 Å². The molecular formula is C26H34N4O3. The van der Waals surface area contributed by atoms with Gasteiger partial charge in [-0.1, -0.05) is 31.0 Å². The number of carbonyl (C=O) groups is 2. The molecule has 7 nitrogen and oxygen atoms in total. The smallest absolute Gasteiger partial charge is 0.259 e. The van der Waals surface area contributed by atoms with Crippen LogP contribution in [0.5, 0.6) is 0 Å². The molecule has 2 aliphatic heterocycles. The van der Waals surface area contributed by atoms with E-state index in [0.717, 1.165) is 41.9 Å². The lowest BCUT2D eigenvalue weighted by Gasteiger charge is -2.32. The molecule has 33 heavy (non-hydrogen) atoms. The van der Waals surface area contributed by atoms with Crippen LogP contribution in [0.3, 0.4) is 0 Å². The Hall–Kier alpha value is -2.96. The summed E-state index contributed by atoms with van der Waals surface area (Å²) in [6, 6.07) is 5.75. The van der Waals surface area contributed by atoms with Gasteiger partial charge in [0.1, 0.15) is 5.82 Å². The minimum Gasteiger partial charge on any atom is -0.354 e. The summed E-state index contributed by atoms with van der Waals surface area (Å²) >= 11 is 0. The highest BCUT2D eigenvalue weighted by Gasteiger charge is 2.30. The Morgan fingerprint density at radius 2 is 1.88 bits per heavy atom. The van der Waals surface area contributed by atoms with E-state index >= 15 is 0 Å². The highest BCUT2D eigenvalue weighted by molar-refractivity contribution is 5.94. The molecule has 0 unspecified atom stereocenters. The van der Waals surface area contributed by atoms with Gasteiger partial charge < -0.3 is 10.2 Å². The molecule has 4 rings (SSSR count). The number of benzene rings is 1. The van der Waals surface area contributed by atoms with Crippen molar-refractivity contribution in [1.29, 1.82) is 0 Å². The molecule has 0 radical (unpaired) electrons.